The van der Waals surface area contributed by atoms with Gasteiger partial charge in [0.1, 0.15) is 17.3 Å². The lowest BCUT2D eigenvalue weighted by Crippen LogP contribution is -2.43. The van der Waals surface area contributed by atoms with Gasteiger partial charge in [-0.2, -0.15) is 0 Å². The lowest BCUT2D eigenvalue weighted by Gasteiger charge is -2.29. The molecule has 1 fully saturated rings. The highest BCUT2D eigenvalue weighted by molar-refractivity contribution is 6.02. The van der Waals surface area contributed by atoms with Crippen molar-refractivity contribution >= 4 is 29.8 Å². The van der Waals surface area contributed by atoms with Crippen LogP contribution in [0.4, 0.5) is 15.9 Å². The molecule has 0 spiro atoms. The number of anilines is 2. The number of aromatic nitrogens is 2. The van der Waals surface area contributed by atoms with E-state index in [4.69, 9.17) is 0 Å². The molecule has 2 N–H and O–H groups in total. The van der Waals surface area contributed by atoms with E-state index in [0.717, 1.165) is 38.1 Å². The summed E-state index contributed by atoms with van der Waals surface area (Å²) in [5.41, 5.74) is 1.17. The van der Waals surface area contributed by atoms with E-state index in [-0.39, 0.29) is 18.1 Å². The van der Waals surface area contributed by atoms with Crippen LogP contribution in [0.3, 0.4) is 0 Å². The number of piperazine rings is 1. The van der Waals surface area contributed by atoms with Gasteiger partial charge in [0.2, 0.25) is 0 Å². The van der Waals surface area contributed by atoms with E-state index in [1.54, 1.807) is 12.3 Å². The zero-order chi connectivity index (χ0) is 15.4. The predicted octanol–water partition coefficient (Wildman–Crippen LogP) is 1.70. The van der Waals surface area contributed by atoms with Gasteiger partial charge in [0, 0.05) is 26.2 Å². The van der Waals surface area contributed by atoms with Gasteiger partial charge >= 0.3 is 0 Å². The Hall–Kier alpha value is -2.25. The largest absolute Gasteiger partial charge is 0.368 e. The molecule has 1 aliphatic rings. The monoisotopic (exact) mass is 337 g/mol. The highest BCUT2D eigenvalue weighted by atomic mass is 35.5. The number of pyridine rings is 2. The average Bonchev–Trinajstić information content (AvgIpc) is 2.57. The molecule has 0 radical (unpaired) electrons. The number of nitrogens with one attached hydrogen (secondary N) is 2. The van der Waals surface area contributed by atoms with Crippen LogP contribution in [0.2, 0.25) is 0 Å². The van der Waals surface area contributed by atoms with Gasteiger partial charge in [0.25, 0.3) is 5.91 Å². The van der Waals surface area contributed by atoms with Gasteiger partial charge in [-0.1, -0.05) is 0 Å². The molecule has 0 atom stereocenters. The Labute approximate surface area is 139 Å². The SMILES string of the molecule is Cl.O=C(Nc1ccc(N2CCNCC2)cn1)c1ccc(F)cn1. The minimum absolute atomic E-state index is 0. The van der Waals surface area contributed by atoms with Gasteiger partial charge in [0.15, 0.2) is 0 Å². The van der Waals surface area contributed by atoms with Gasteiger partial charge in [-0.25, -0.2) is 14.4 Å². The van der Waals surface area contributed by atoms with Crippen LogP contribution in [0, 0.1) is 5.82 Å². The first-order valence-corrected chi connectivity index (χ1v) is 7.07. The first-order valence-electron chi connectivity index (χ1n) is 7.07. The number of carbonyl (C=O) groups is 1. The van der Waals surface area contributed by atoms with Crippen molar-refractivity contribution < 1.29 is 9.18 Å². The molecule has 1 amide bonds. The Balaban J connectivity index is 0.00000192. The third-order valence-corrected chi connectivity index (χ3v) is 3.43. The van der Waals surface area contributed by atoms with Crippen molar-refractivity contribution in [3.63, 3.8) is 0 Å². The number of carbonyl (C=O) groups excluding carboxylic acids is 1. The minimum atomic E-state index is -0.477. The zero-order valence-corrected chi connectivity index (χ0v) is 13.1. The molecule has 3 rings (SSSR count). The normalized spacial score (nSPS) is 14.0. The molecule has 0 unspecified atom stereocenters. The molecule has 1 aliphatic heterocycles. The minimum Gasteiger partial charge on any atom is -0.368 e. The van der Waals surface area contributed by atoms with Gasteiger partial charge in [-0.05, 0) is 24.3 Å². The van der Waals surface area contributed by atoms with Crippen LogP contribution in [-0.2, 0) is 0 Å². The number of rotatable bonds is 3. The fourth-order valence-corrected chi connectivity index (χ4v) is 2.26. The van der Waals surface area contributed by atoms with Crippen LogP contribution >= 0.6 is 12.4 Å². The maximum absolute atomic E-state index is 12.8. The molecule has 3 heterocycles. The molecule has 0 bridgehead atoms. The van der Waals surface area contributed by atoms with Gasteiger partial charge < -0.3 is 15.5 Å². The van der Waals surface area contributed by atoms with Crippen molar-refractivity contribution in [3.8, 4) is 0 Å². The van der Waals surface area contributed by atoms with Crippen LogP contribution in [0.15, 0.2) is 36.7 Å². The molecule has 2 aromatic heterocycles. The first-order chi connectivity index (χ1) is 10.7. The van der Waals surface area contributed by atoms with E-state index in [2.05, 4.69) is 25.5 Å². The molecule has 8 heteroatoms. The predicted molar refractivity (Wildman–Crippen MR) is 88.7 cm³/mol. The maximum Gasteiger partial charge on any atom is 0.275 e. The summed E-state index contributed by atoms with van der Waals surface area (Å²) in [4.78, 5) is 22.2. The molecule has 23 heavy (non-hydrogen) atoms. The van der Waals surface area contributed by atoms with Crippen LogP contribution < -0.4 is 15.5 Å². The number of halogens is 2. The summed E-state index contributed by atoms with van der Waals surface area (Å²) in [6.07, 6.45) is 2.74. The molecule has 1 saturated heterocycles. The highest BCUT2D eigenvalue weighted by Gasteiger charge is 2.12. The van der Waals surface area contributed by atoms with E-state index in [1.165, 1.54) is 12.1 Å². The van der Waals surface area contributed by atoms with Crippen molar-refractivity contribution in [1.82, 2.24) is 15.3 Å². The summed E-state index contributed by atoms with van der Waals surface area (Å²) in [5, 5.41) is 5.93. The summed E-state index contributed by atoms with van der Waals surface area (Å²) >= 11 is 0. The fraction of sp³-hybridized carbons (Fsp3) is 0.267. The Morgan fingerprint density at radius 1 is 1.13 bits per heavy atom. The first kappa shape index (κ1) is 17.1. The summed E-state index contributed by atoms with van der Waals surface area (Å²) in [5.74, 6) is -0.451. The summed E-state index contributed by atoms with van der Waals surface area (Å²) in [7, 11) is 0. The lowest BCUT2D eigenvalue weighted by atomic mass is 10.3. The van der Waals surface area contributed by atoms with Crippen LogP contribution in [-0.4, -0.2) is 42.1 Å². The molecule has 2 aromatic rings. The van der Waals surface area contributed by atoms with Crippen LogP contribution in [0.1, 0.15) is 10.5 Å². The summed E-state index contributed by atoms with van der Waals surface area (Å²) < 4.78 is 12.8. The highest BCUT2D eigenvalue weighted by Crippen LogP contribution is 2.16. The second-order valence-electron chi connectivity index (χ2n) is 4.95. The summed E-state index contributed by atoms with van der Waals surface area (Å²) in [6.45, 7) is 3.78. The van der Waals surface area contributed by atoms with Crippen molar-refractivity contribution in [2.45, 2.75) is 0 Å². The van der Waals surface area contributed by atoms with Gasteiger partial charge in [-0.15, -0.1) is 12.4 Å². The Bertz CT molecular complexity index is 644. The van der Waals surface area contributed by atoms with Crippen molar-refractivity contribution in [2.24, 2.45) is 0 Å². The molecular weight excluding hydrogens is 321 g/mol. The Morgan fingerprint density at radius 2 is 1.91 bits per heavy atom. The van der Waals surface area contributed by atoms with Crippen LogP contribution in [0.25, 0.3) is 0 Å². The zero-order valence-electron chi connectivity index (χ0n) is 12.3. The average molecular weight is 338 g/mol. The van der Waals surface area contributed by atoms with E-state index >= 15 is 0 Å². The van der Waals surface area contributed by atoms with Crippen molar-refractivity contribution in [2.75, 3.05) is 36.4 Å². The molecular formula is C15H17ClFN5O. The van der Waals surface area contributed by atoms with E-state index in [1.807, 2.05) is 6.07 Å². The number of hydrogen-bond donors (Lipinski definition) is 2. The van der Waals surface area contributed by atoms with Crippen LogP contribution in [0.5, 0.6) is 0 Å². The molecule has 0 saturated carbocycles. The standard InChI is InChI=1S/C15H16FN5O.ClH/c16-11-1-3-13(18-9-11)15(22)20-14-4-2-12(10-19-14)21-7-5-17-6-8-21;/h1-4,9-10,17H,5-8H2,(H,19,20,22);1H. The van der Waals surface area contributed by atoms with E-state index < -0.39 is 11.7 Å². The number of nitrogens with zero attached hydrogens (tertiary/aromatic N) is 3. The Morgan fingerprint density at radius 3 is 2.52 bits per heavy atom. The smallest absolute Gasteiger partial charge is 0.275 e. The Kier molecular flexibility index (Phi) is 5.84. The third-order valence-electron chi connectivity index (χ3n) is 3.43. The second-order valence-corrected chi connectivity index (χ2v) is 4.95. The van der Waals surface area contributed by atoms with E-state index in [0.29, 0.717) is 5.82 Å². The quantitative estimate of drug-likeness (QED) is 0.892. The van der Waals surface area contributed by atoms with E-state index in [9.17, 15) is 9.18 Å². The lowest BCUT2D eigenvalue weighted by molar-refractivity contribution is 0.102. The molecule has 122 valence electrons. The van der Waals surface area contributed by atoms with Crippen molar-refractivity contribution in [1.29, 1.82) is 0 Å². The topological polar surface area (TPSA) is 70.2 Å². The summed E-state index contributed by atoms with van der Waals surface area (Å²) in [6, 6.07) is 6.20. The fourth-order valence-electron chi connectivity index (χ4n) is 2.26. The molecule has 0 aromatic carbocycles. The number of hydrogen-bond acceptors (Lipinski definition) is 5. The maximum atomic E-state index is 12.8. The van der Waals surface area contributed by atoms with Crippen molar-refractivity contribution in [3.05, 3.63) is 48.2 Å². The molecule has 0 aliphatic carbocycles. The second kappa shape index (κ2) is 7.85. The molecule has 6 nitrogen and oxygen atoms in total. The van der Waals surface area contributed by atoms with Gasteiger partial charge in [-0.3, -0.25) is 4.79 Å². The third kappa shape index (κ3) is 4.37. The van der Waals surface area contributed by atoms with Gasteiger partial charge in [0.05, 0.1) is 18.1 Å². The number of amides is 1.